The first-order valence-corrected chi connectivity index (χ1v) is 11.8. The maximum absolute atomic E-state index is 11.3. The van der Waals surface area contributed by atoms with Crippen LogP contribution in [-0.2, 0) is 15.7 Å². The highest BCUT2D eigenvalue weighted by molar-refractivity contribution is 5.98. The summed E-state index contributed by atoms with van der Waals surface area (Å²) >= 11 is 0. The van der Waals surface area contributed by atoms with Crippen LogP contribution < -0.4 is 4.74 Å². The molecule has 0 saturated heterocycles. The lowest BCUT2D eigenvalue weighted by atomic mass is 9.61. The van der Waals surface area contributed by atoms with Crippen LogP contribution in [-0.4, -0.2) is 30.0 Å². The first-order valence-electron chi connectivity index (χ1n) is 11.8. The summed E-state index contributed by atoms with van der Waals surface area (Å²) in [4.78, 5) is 17.0. The SMILES string of the molecule is CCOc1cc2c(cc1-c1ccc(C(=O)O)cc1)C(C)(C)CC(=NOCCC(C)C)C2(C)C. The van der Waals surface area contributed by atoms with Crippen molar-refractivity contribution < 1.29 is 19.5 Å². The fraction of sp³-hybridized carbons (Fsp3) is 0.500. The maximum Gasteiger partial charge on any atom is 0.335 e. The van der Waals surface area contributed by atoms with E-state index in [0.29, 0.717) is 19.1 Å². The van der Waals surface area contributed by atoms with Crippen LogP contribution in [0.1, 0.15) is 82.8 Å². The molecule has 0 heterocycles. The van der Waals surface area contributed by atoms with Crippen LogP contribution >= 0.6 is 0 Å². The Balaban J connectivity index is 2.08. The van der Waals surface area contributed by atoms with Crippen molar-refractivity contribution >= 4 is 11.7 Å². The number of carboxylic acids is 1. The second-order valence-corrected chi connectivity index (χ2v) is 10.4. The molecule has 5 nitrogen and oxygen atoms in total. The average molecular weight is 452 g/mol. The molecule has 2 aromatic rings. The Morgan fingerprint density at radius 3 is 2.33 bits per heavy atom. The topological polar surface area (TPSA) is 68.1 Å². The highest BCUT2D eigenvalue weighted by atomic mass is 16.6. The van der Waals surface area contributed by atoms with Gasteiger partial charge in [-0.05, 0) is 72.1 Å². The van der Waals surface area contributed by atoms with E-state index in [1.54, 1.807) is 12.1 Å². The van der Waals surface area contributed by atoms with Crippen molar-refractivity contribution in [1.29, 1.82) is 0 Å². The molecule has 3 rings (SSSR count). The highest BCUT2D eigenvalue weighted by Gasteiger charge is 2.43. The summed E-state index contributed by atoms with van der Waals surface area (Å²) in [6, 6.07) is 11.3. The van der Waals surface area contributed by atoms with E-state index in [1.165, 1.54) is 11.1 Å². The smallest absolute Gasteiger partial charge is 0.335 e. The second kappa shape index (κ2) is 9.58. The van der Waals surface area contributed by atoms with Crippen LogP contribution in [0.25, 0.3) is 11.1 Å². The Hall–Kier alpha value is -2.82. The Morgan fingerprint density at radius 2 is 1.76 bits per heavy atom. The summed E-state index contributed by atoms with van der Waals surface area (Å²) in [5.41, 5.74) is 5.26. The van der Waals surface area contributed by atoms with Crippen molar-refractivity contribution in [2.24, 2.45) is 11.1 Å². The zero-order valence-corrected chi connectivity index (χ0v) is 21.0. The van der Waals surface area contributed by atoms with Gasteiger partial charge >= 0.3 is 5.97 Å². The van der Waals surface area contributed by atoms with Gasteiger partial charge in [0.15, 0.2) is 0 Å². The summed E-state index contributed by atoms with van der Waals surface area (Å²) in [6.07, 6.45) is 1.79. The quantitative estimate of drug-likeness (QED) is 0.353. The molecule has 33 heavy (non-hydrogen) atoms. The summed E-state index contributed by atoms with van der Waals surface area (Å²) in [5.74, 6) is 0.450. The zero-order valence-electron chi connectivity index (χ0n) is 21.0. The fourth-order valence-corrected chi connectivity index (χ4v) is 4.40. The minimum absolute atomic E-state index is 0.133. The normalized spacial score (nSPS) is 17.6. The number of aromatic carboxylic acids is 1. The zero-order chi connectivity index (χ0) is 24.4. The molecule has 0 unspecified atom stereocenters. The van der Waals surface area contributed by atoms with Crippen LogP contribution in [0.2, 0.25) is 0 Å². The lowest BCUT2D eigenvalue weighted by Gasteiger charge is -2.43. The van der Waals surface area contributed by atoms with E-state index in [-0.39, 0.29) is 16.4 Å². The van der Waals surface area contributed by atoms with Crippen molar-refractivity contribution in [2.45, 2.75) is 72.1 Å². The summed E-state index contributed by atoms with van der Waals surface area (Å²) in [5, 5.41) is 13.9. The number of benzene rings is 2. The van der Waals surface area contributed by atoms with Gasteiger partial charge in [-0.3, -0.25) is 0 Å². The third kappa shape index (κ3) is 5.23. The van der Waals surface area contributed by atoms with E-state index in [2.05, 4.69) is 58.8 Å². The van der Waals surface area contributed by atoms with Crippen molar-refractivity contribution in [3.05, 3.63) is 53.1 Å². The number of carboxylic acid groups (broad SMARTS) is 1. The number of hydrogen-bond acceptors (Lipinski definition) is 4. The predicted molar refractivity (Wildman–Crippen MR) is 134 cm³/mol. The van der Waals surface area contributed by atoms with E-state index >= 15 is 0 Å². The molecule has 2 aromatic carbocycles. The predicted octanol–water partition coefficient (Wildman–Crippen LogP) is 6.83. The van der Waals surface area contributed by atoms with Crippen molar-refractivity contribution in [2.75, 3.05) is 13.2 Å². The molecule has 5 heteroatoms. The molecule has 0 saturated carbocycles. The van der Waals surface area contributed by atoms with Crippen LogP contribution in [0.15, 0.2) is 41.6 Å². The van der Waals surface area contributed by atoms with E-state index in [1.807, 2.05) is 19.1 Å². The minimum Gasteiger partial charge on any atom is -0.493 e. The van der Waals surface area contributed by atoms with Gasteiger partial charge in [-0.1, -0.05) is 58.8 Å². The molecule has 1 N–H and O–H groups in total. The number of rotatable bonds is 8. The third-order valence-corrected chi connectivity index (χ3v) is 6.56. The fourth-order valence-electron chi connectivity index (χ4n) is 4.40. The summed E-state index contributed by atoms with van der Waals surface area (Å²) < 4.78 is 6.07. The maximum atomic E-state index is 11.3. The number of carbonyl (C=O) groups is 1. The van der Waals surface area contributed by atoms with Gasteiger partial charge in [0.05, 0.1) is 17.9 Å². The number of hydrogen-bond donors (Lipinski definition) is 1. The molecular formula is C28H37NO4. The molecule has 1 aliphatic rings. The molecule has 0 atom stereocenters. The average Bonchev–Trinajstić information content (AvgIpc) is 2.74. The Bertz CT molecular complexity index is 1030. The molecule has 0 spiro atoms. The lowest BCUT2D eigenvalue weighted by molar-refractivity contribution is 0.0697. The summed E-state index contributed by atoms with van der Waals surface area (Å²) in [7, 11) is 0. The molecule has 0 bridgehead atoms. The van der Waals surface area contributed by atoms with Crippen LogP contribution in [0.3, 0.4) is 0 Å². The molecule has 0 radical (unpaired) electrons. The van der Waals surface area contributed by atoms with Crippen LogP contribution in [0.4, 0.5) is 0 Å². The largest absolute Gasteiger partial charge is 0.493 e. The van der Waals surface area contributed by atoms with Gasteiger partial charge in [0.1, 0.15) is 12.4 Å². The molecule has 178 valence electrons. The van der Waals surface area contributed by atoms with E-state index in [4.69, 9.17) is 9.57 Å². The first kappa shape index (κ1) is 24.8. The third-order valence-electron chi connectivity index (χ3n) is 6.56. The molecule has 1 aliphatic carbocycles. The van der Waals surface area contributed by atoms with Gasteiger partial charge in [0.25, 0.3) is 0 Å². The number of nitrogens with zero attached hydrogens (tertiary/aromatic N) is 1. The summed E-state index contributed by atoms with van der Waals surface area (Å²) in [6.45, 7) is 16.4. The standard InChI is InChI=1S/C28H37NO4/c1-8-32-24-16-23-22(15-21(24)19-9-11-20(12-10-19)26(30)31)27(4,5)17-25(28(23,6)7)29-33-14-13-18(2)3/h9-12,15-16,18H,8,13-14,17H2,1-7H3,(H,30,31). The molecule has 0 aromatic heterocycles. The van der Waals surface area contributed by atoms with Gasteiger partial charge in [-0.15, -0.1) is 0 Å². The van der Waals surface area contributed by atoms with Crippen molar-refractivity contribution in [3.63, 3.8) is 0 Å². The van der Waals surface area contributed by atoms with E-state index < -0.39 is 5.97 Å². The Morgan fingerprint density at radius 1 is 1.09 bits per heavy atom. The number of fused-ring (bicyclic) bond motifs is 1. The van der Waals surface area contributed by atoms with Crippen LogP contribution in [0, 0.1) is 5.92 Å². The van der Waals surface area contributed by atoms with E-state index in [9.17, 15) is 9.90 Å². The molecule has 0 amide bonds. The van der Waals surface area contributed by atoms with Gasteiger partial charge < -0.3 is 14.7 Å². The number of ether oxygens (including phenoxy) is 1. The van der Waals surface area contributed by atoms with E-state index in [0.717, 1.165) is 35.4 Å². The van der Waals surface area contributed by atoms with Crippen molar-refractivity contribution in [3.8, 4) is 16.9 Å². The molecule has 0 aliphatic heterocycles. The Kier molecular flexibility index (Phi) is 7.20. The van der Waals surface area contributed by atoms with Gasteiger partial charge in [-0.25, -0.2) is 4.79 Å². The van der Waals surface area contributed by atoms with Crippen molar-refractivity contribution in [1.82, 2.24) is 0 Å². The Labute approximate surface area is 197 Å². The van der Waals surface area contributed by atoms with Gasteiger partial charge in [0.2, 0.25) is 0 Å². The van der Waals surface area contributed by atoms with Gasteiger partial charge in [0, 0.05) is 11.0 Å². The van der Waals surface area contributed by atoms with Gasteiger partial charge in [-0.2, -0.15) is 0 Å². The second-order valence-electron chi connectivity index (χ2n) is 10.4. The van der Waals surface area contributed by atoms with Crippen LogP contribution in [0.5, 0.6) is 5.75 Å². The minimum atomic E-state index is -0.928. The monoisotopic (exact) mass is 451 g/mol. The highest BCUT2D eigenvalue weighted by Crippen LogP contribution is 2.48. The molecule has 0 fully saturated rings. The first-order chi connectivity index (χ1) is 15.5. The lowest BCUT2D eigenvalue weighted by Crippen LogP contribution is -2.42. The molecular weight excluding hydrogens is 414 g/mol. The number of oxime groups is 1.